The van der Waals surface area contributed by atoms with Crippen LogP contribution in [-0.4, -0.2) is 59.3 Å². The zero-order chi connectivity index (χ0) is 11.6. The van der Waals surface area contributed by atoms with Crippen molar-refractivity contribution in [1.29, 1.82) is 0 Å². The lowest BCUT2D eigenvalue weighted by atomic mass is 9.91. The molecular weight excluding hydrogens is 200 g/mol. The van der Waals surface area contributed by atoms with E-state index in [0.717, 1.165) is 32.0 Å². The number of hydrogen-bond acceptors (Lipinski definition) is 3. The SMILES string of the molecule is CCN1CCC(N2CCC(C)(O)CC2)CC1. The number of likely N-dealkylation sites (tertiary alicyclic amines) is 2. The second-order valence-electron chi connectivity index (χ2n) is 5.70. The Morgan fingerprint density at radius 3 is 2.19 bits per heavy atom. The first-order chi connectivity index (χ1) is 7.61. The fourth-order valence-electron chi connectivity index (χ4n) is 2.97. The van der Waals surface area contributed by atoms with Gasteiger partial charge >= 0.3 is 0 Å². The van der Waals surface area contributed by atoms with E-state index in [0.29, 0.717) is 0 Å². The number of rotatable bonds is 2. The Morgan fingerprint density at radius 2 is 1.69 bits per heavy atom. The van der Waals surface area contributed by atoms with E-state index in [-0.39, 0.29) is 0 Å². The van der Waals surface area contributed by atoms with Gasteiger partial charge in [-0.2, -0.15) is 0 Å². The summed E-state index contributed by atoms with van der Waals surface area (Å²) in [4.78, 5) is 5.14. The van der Waals surface area contributed by atoms with Crippen molar-refractivity contribution in [3.63, 3.8) is 0 Å². The standard InChI is InChI=1S/C13H26N2O/c1-3-14-8-4-12(5-9-14)15-10-6-13(2,16)7-11-15/h12,16H,3-11H2,1-2H3. The molecule has 1 N–H and O–H groups in total. The Balaban J connectivity index is 1.78. The number of piperidine rings is 2. The zero-order valence-electron chi connectivity index (χ0n) is 10.8. The molecule has 0 spiro atoms. The van der Waals surface area contributed by atoms with Gasteiger partial charge < -0.3 is 14.9 Å². The molecule has 0 radical (unpaired) electrons. The van der Waals surface area contributed by atoms with Crippen LogP contribution < -0.4 is 0 Å². The van der Waals surface area contributed by atoms with Crippen LogP contribution in [0.25, 0.3) is 0 Å². The first kappa shape index (κ1) is 12.3. The maximum absolute atomic E-state index is 9.94. The number of nitrogens with zero attached hydrogens (tertiary/aromatic N) is 2. The average molecular weight is 226 g/mol. The van der Waals surface area contributed by atoms with Crippen molar-refractivity contribution in [2.24, 2.45) is 0 Å². The molecule has 2 rings (SSSR count). The fourth-order valence-corrected chi connectivity index (χ4v) is 2.97. The lowest BCUT2D eigenvalue weighted by Gasteiger charge is -2.43. The highest BCUT2D eigenvalue weighted by Crippen LogP contribution is 2.25. The molecule has 94 valence electrons. The third kappa shape index (κ3) is 2.96. The lowest BCUT2D eigenvalue weighted by molar-refractivity contribution is -0.0242. The van der Waals surface area contributed by atoms with Gasteiger partial charge in [0, 0.05) is 19.1 Å². The summed E-state index contributed by atoms with van der Waals surface area (Å²) in [6, 6.07) is 0.777. The minimum Gasteiger partial charge on any atom is -0.390 e. The molecule has 2 aliphatic heterocycles. The van der Waals surface area contributed by atoms with E-state index in [9.17, 15) is 5.11 Å². The van der Waals surface area contributed by atoms with E-state index in [1.54, 1.807) is 0 Å². The van der Waals surface area contributed by atoms with Crippen molar-refractivity contribution >= 4 is 0 Å². The van der Waals surface area contributed by atoms with Gasteiger partial charge in [0.05, 0.1) is 5.60 Å². The van der Waals surface area contributed by atoms with Crippen LogP contribution in [-0.2, 0) is 0 Å². The molecule has 2 saturated heterocycles. The van der Waals surface area contributed by atoms with E-state index < -0.39 is 5.60 Å². The summed E-state index contributed by atoms with van der Waals surface area (Å²) < 4.78 is 0. The van der Waals surface area contributed by atoms with Crippen molar-refractivity contribution in [1.82, 2.24) is 9.80 Å². The van der Waals surface area contributed by atoms with Gasteiger partial charge in [-0.05, 0) is 52.2 Å². The largest absolute Gasteiger partial charge is 0.390 e. The van der Waals surface area contributed by atoms with E-state index in [2.05, 4.69) is 16.7 Å². The summed E-state index contributed by atoms with van der Waals surface area (Å²) in [5.41, 5.74) is -0.402. The highest BCUT2D eigenvalue weighted by molar-refractivity contribution is 4.87. The Labute approximate surface area is 99.4 Å². The lowest BCUT2D eigenvalue weighted by Crippen LogP contribution is -2.50. The fraction of sp³-hybridized carbons (Fsp3) is 1.00. The predicted octanol–water partition coefficient (Wildman–Crippen LogP) is 1.32. The van der Waals surface area contributed by atoms with E-state index in [4.69, 9.17) is 0 Å². The molecule has 2 heterocycles. The Kier molecular flexibility index (Phi) is 3.88. The van der Waals surface area contributed by atoms with Crippen LogP contribution in [0.2, 0.25) is 0 Å². The smallest absolute Gasteiger partial charge is 0.0644 e. The molecule has 0 aromatic rings. The van der Waals surface area contributed by atoms with Crippen molar-refractivity contribution in [3.8, 4) is 0 Å². The quantitative estimate of drug-likeness (QED) is 0.769. The van der Waals surface area contributed by atoms with Crippen molar-refractivity contribution < 1.29 is 5.11 Å². The van der Waals surface area contributed by atoms with Gasteiger partial charge in [-0.15, -0.1) is 0 Å². The minimum atomic E-state index is -0.402. The van der Waals surface area contributed by atoms with E-state index in [1.165, 1.54) is 32.5 Å². The average Bonchev–Trinajstić information content (AvgIpc) is 2.29. The zero-order valence-corrected chi connectivity index (χ0v) is 10.8. The third-order valence-corrected chi connectivity index (χ3v) is 4.40. The normalized spacial score (nSPS) is 29.4. The van der Waals surface area contributed by atoms with Gasteiger partial charge in [0.15, 0.2) is 0 Å². The maximum atomic E-state index is 9.94. The van der Waals surface area contributed by atoms with Gasteiger partial charge in [-0.3, -0.25) is 0 Å². The molecule has 0 bridgehead atoms. The molecule has 0 unspecified atom stereocenters. The van der Waals surface area contributed by atoms with Gasteiger partial charge in [0.2, 0.25) is 0 Å². The highest BCUT2D eigenvalue weighted by Gasteiger charge is 2.31. The molecule has 0 amide bonds. The molecule has 0 aromatic carbocycles. The van der Waals surface area contributed by atoms with E-state index in [1.807, 2.05) is 6.92 Å². The number of hydrogen-bond donors (Lipinski definition) is 1. The molecular formula is C13H26N2O. The first-order valence-electron chi connectivity index (χ1n) is 6.79. The van der Waals surface area contributed by atoms with Crippen LogP contribution >= 0.6 is 0 Å². The molecule has 0 saturated carbocycles. The Morgan fingerprint density at radius 1 is 1.12 bits per heavy atom. The van der Waals surface area contributed by atoms with Gasteiger partial charge in [0.1, 0.15) is 0 Å². The monoisotopic (exact) mass is 226 g/mol. The first-order valence-corrected chi connectivity index (χ1v) is 6.79. The molecule has 0 aliphatic carbocycles. The maximum Gasteiger partial charge on any atom is 0.0644 e. The second kappa shape index (κ2) is 5.03. The van der Waals surface area contributed by atoms with Crippen LogP contribution in [0.5, 0.6) is 0 Å². The van der Waals surface area contributed by atoms with Crippen LogP contribution in [0.1, 0.15) is 39.5 Å². The molecule has 0 atom stereocenters. The molecule has 16 heavy (non-hydrogen) atoms. The molecule has 3 heteroatoms. The summed E-state index contributed by atoms with van der Waals surface area (Å²) in [7, 11) is 0. The Bertz CT molecular complexity index is 212. The van der Waals surface area contributed by atoms with E-state index >= 15 is 0 Å². The number of aliphatic hydroxyl groups is 1. The predicted molar refractivity (Wildman–Crippen MR) is 66.6 cm³/mol. The summed E-state index contributed by atoms with van der Waals surface area (Å²) in [5.74, 6) is 0. The second-order valence-corrected chi connectivity index (χ2v) is 5.70. The third-order valence-electron chi connectivity index (χ3n) is 4.40. The van der Waals surface area contributed by atoms with Crippen molar-refractivity contribution in [2.45, 2.75) is 51.2 Å². The molecule has 3 nitrogen and oxygen atoms in total. The summed E-state index contributed by atoms with van der Waals surface area (Å²) in [5, 5.41) is 9.94. The van der Waals surface area contributed by atoms with Crippen molar-refractivity contribution in [2.75, 3.05) is 32.7 Å². The molecule has 0 aromatic heterocycles. The van der Waals surface area contributed by atoms with Crippen molar-refractivity contribution in [3.05, 3.63) is 0 Å². The van der Waals surface area contributed by atoms with Gasteiger partial charge in [0.25, 0.3) is 0 Å². The van der Waals surface area contributed by atoms with Crippen LogP contribution in [0.15, 0.2) is 0 Å². The molecule has 2 aliphatic rings. The topological polar surface area (TPSA) is 26.7 Å². The van der Waals surface area contributed by atoms with Crippen LogP contribution in [0.3, 0.4) is 0 Å². The minimum absolute atomic E-state index is 0.402. The van der Waals surface area contributed by atoms with Gasteiger partial charge in [-0.1, -0.05) is 6.92 Å². The Hall–Kier alpha value is -0.120. The summed E-state index contributed by atoms with van der Waals surface area (Å²) >= 11 is 0. The summed E-state index contributed by atoms with van der Waals surface area (Å²) in [6.45, 7) is 10.1. The summed E-state index contributed by atoms with van der Waals surface area (Å²) in [6.07, 6.45) is 4.52. The van der Waals surface area contributed by atoms with Gasteiger partial charge in [-0.25, -0.2) is 0 Å². The highest BCUT2D eigenvalue weighted by atomic mass is 16.3. The van der Waals surface area contributed by atoms with Crippen LogP contribution in [0, 0.1) is 0 Å². The molecule has 2 fully saturated rings. The van der Waals surface area contributed by atoms with Crippen LogP contribution in [0.4, 0.5) is 0 Å².